The lowest BCUT2D eigenvalue weighted by Gasteiger charge is -2.31. The highest BCUT2D eigenvalue weighted by atomic mass is 32.2. The molecule has 2 aliphatic rings. The molecule has 7 heteroatoms. The van der Waals surface area contributed by atoms with E-state index in [4.69, 9.17) is 5.73 Å². The monoisotopic (exact) mass is 242 g/mol. The third-order valence-corrected chi connectivity index (χ3v) is 4.22. The lowest BCUT2D eigenvalue weighted by molar-refractivity contribution is -0.134. The molecule has 1 fully saturated rings. The molecule has 3 N–H and O–H groups in total. The second-order valence-corrected chi connectivity index (χ2v) is 5.37. The molecule has 1 aliphatic carbocycles. The Hall–Kier alpha value is -1.63. The number of amides is 2. The van der Waals surface area contributed by atoms with Crippen molar-refractivity contribution < 1.29 is 18.0 Å². The fourth-order valence-corrected chi connectivity index (χ4v) is 3.38. The molecule has 0 aromatic carbocycles. The normalized spacial score (nSPS) is 31.2. The number of sulfonamides is 1. The first kappa shape index (κ1) is 10.9. The van der Waals surface area contributed by atoms with Crippen LogP contribution in [0, 0.1) is 11.8 Å². The molecule has 2 rings (SSSR count). The molecular formula is C9H10N2O4S. The summed E-state index contributed by atoms with van der Waals surface area (Å²) in [6.07, 6.45) is 5.00. The van der Waals surface area contributed by atoms with E-state index >= 15 is 0 Å². The maximum atomic E-state index is 11.6. The second-order valence-electron chi connectivity index (χ2n) is 3.69. The number of carbonyl (C=O) groups excluding carboxylic acids is 2. The highest BCUT2D eigenvalue weighted by molar-refractivity contribution is 7.94. The number of rotatable bonds is 1. The van der Waals surface area contributed by atoms with Crippen molar-refractivity contribution in [2.24, 2.45) is 17.6 Å². The fourth-order valence-electron chi connectivity index (χ4n) is 1.98. The van der Waals surface area contributed by atoms with Crippen LogP contribution in [0.2, 0.25) is 0 Å². The number of nitrogens with one attached hydrogen (secondary N) is 1. The van der Waals surface area contributed by atoms with Gasteiger partial charge >= 0.3 is 0 Å². The predicted molar refractivity (Wildman–Crippen MR) is 55.1 cm³/mol. The van der Waals surface area contributed by atoms with E-state index in [1.165, 1.54) is 6.08 Å². The first-order valence-corrected chi connectivity index (χ1v) is 6.14. The van der Waals surface area contributed by atoms with Crippen molar-refractivity contribution >= 4 is 21.8 Å². The molecule has 86 valence electrons. The summed E-state index contributed by atoms with van der Waals surface area (Å²) in [5.74, 6) is -3.43. The third-order valence-electron chi connectivity index (χ3n) is 2.69. The molecule has 0 aromatic rings. The molecule has 0 saturated carbocycles. The van der Waals surface area contributed by atoms with Crippen LogP contribution in [0.4, 0.5) is 0 Å². The number of carbonyl (C=O) groups is 2. The minimum atomic E-state index is -3.80. The van der Waals surface area contributed by atoms with Gasteiger partial charge in [-0.25, -0.2) is 13.1 Å². The van der Waals surface area contributed by atoms with Crippen LogP contribution in [0.15, 0.2) is 23.1 Å². The van der Waals surface area contributed by atoms with Crippen LogP contribution < -0.4 is 10.5 Å². The Balaban J connectivity index is 2.52. The summed E-state index contributed by atoms with van der Waals surface area (Å²) in [7, 11) is -3.80. The van der Waals surface area contributed by atoms with Gasteiger partial charge in [0.1, 0.15) is 5.92 Å². The lowest BCUT2D eigenvalue weighted by atomic mass is 9.85. The maximum Gasteiger partial charge on any atom is 0.260 e. The molecule has 0 spiro atoms. The molecule has 1 saturated heterocycles. The quantitative estimate of drug-likeness (QED) is 0.575. The molecule has 2 unspecified atom stereocenters. The number of fused-ring (bicyclic) bond motifs is 1. The standard InChI is InChI=1S/C9H10N2O4S/c10-8(12)7-5-3-1-2-4-6(5)16(14,15)11-9(7)13/h1-2,4-5,7H,3H2,(H2,10,12)(H,11,13). The highest BCUT2D eigenvalue weighted by Crippen LogP contribution is 2.34. The number of primary amides is 1. The van der Waals surface area contributed by atoms with Gasteiger partial charge in [0.2, 0.25) is 11.8 Å². The van der Waals surface area contributed by atoms with Crippen LogP contribution in [0.3, 0.4) is 0 Å². The summed E-state index contributed by atoms with van der Waals surface area (Å²) < 4.78 is 25.0. The molecule has 0 bridgehead atoms. The maximum absolute atomic E-state index is 11.6. The molecule has 2 amide bonds. The third kappa shape index (κ3) is 1.53. The Bertz CT molecular complexity index is 518. The van der Waals surface area contributed by atoms with E-state index in [9.17, 15) is 18.0 Å². The van der Waals surface area contributed by atoms with Crippen LogP contribution >= 0.6 is 0 Å². The van der Waals surface area contributed by atoms with Crippen molar-refractivity contribution in [3.63, 3.8) is 0 Å². The van der Waals surface area contributed by atoms with Crippen LogP contribution in [-0.4, -0.2) is 20.2 Å². The Morgan fingerprint density at radius 1 is 1.50 bits per heavy atom. The van der Waals surface area contributed by atoms with Gasteiger partial charge in [0, 0.05) is 5.92 Å². The topological polar surface area (TPSA) is 106 Å². The van der Waals surface area contributed by atoms with Gasteiger partial charge in [-0.05, 0) is 12.5 Å². The number of nitrogens with two attached hydrogens (primary N) is 1. The molecule has 16 heavy (non-hydrogen) atoms. The van der Waals surface area contributed by atoms with Gasteiger partial charge in [-0.15, -0.1) is 0 Å². The molecule has 0 radical (unpaired) electrons. The van der Waals surface area contributed by atoms with E-state index in [0.29, 0.717) is 6.42 Å². The van der Waals surface area contributed by atoms with E-state index in [0.717, 1.165) is 0 Å². The second kappa shape index (κ2) is 3.44. The van der Waals surface area contributed by atoms with Gasteiger partial charge in [-0.1, -0.05) is 12.2 Å². The Labute approximate surface area is 92.2 Å². The Morgan fingerprint density at radius 2 is 2.19 bits per heavy atom. The number of allylic oxidation sites excluding steroid dienone is 4. The average molecular weight is 242 g/mol. The van der Waals surface area contributed by atoms with Gasteiger partial charge in [0.05, 0.1) is 4.91 Å². The molecule has 1 aliphatic heterocycles. The smallest absolute Gasteiger partial charge is 0.260 e. The summed E-state index contributed by atoms with van der Waals surface area (Å²) >= 11 is 0. The van der Waals surface area contributed by atoms with Gasteiger partial charge in [0.25, 0.3) is 10.0 Å². The zero-order valence-corrected chi connectivity index (χ0v) is 9.03. The number of hydrogen-bond donors (Lipinski definition) is 2. The number of hydrogen-bond acceptors (Lipinski definition) is 4. The molecular weight excluding hydrogens is 232 g/mol. The van der Waals surface area contributed by atoms with Gasteiger partial charge in [-0.2, -0.15) is 0 Å². The largest absolute Gasteiger partial charge is 0.369 e. The van der Waals surface area contributed by atoms with Crippen molar-refractivity contribution in [2.45, 2.75) is 6.42 Å². The van der Waals surface area contributed by atoms with Crippen molar-refractivity contribution in [3.8, 4) is 0 Å². The summed E-state index contributed by atoms with van der Waals surface area (Å²) in [5.41, 5.74) is 5.11. The first-order chi connectivity index (χ1) is 7.43. The van der Waals surface area contributed by atoms with Gasteiger partial charge in [0.15, 0.2) is 0 Å². The van der Waals surface area contributed by atoms with Crippen molar-refractivity contribution in [2.75, 3.05) is 0 Å². The van der Waals surface area contributed by atoms with Crippen molar-refractivity contribution in [1.29, 1.82) is 0 Å². The molecule has 1 heterocycles. The van der Waals surface area contributed by atoms with E-state index in [-0.39, 0.29) is 4.91 Å². The average Bonchev–Trinajstić information content (AvgIpc) is 2.15. The predicted octanol–water partition coefficient (Wildman–Crippen LogP) is -0.992. The zero-order valence-electron chi connectivity index (χ0n) is 8.21. The lowest BCUT2D eigenvalue weighted by Crippen LogP contribution is -2.52. The highest BCUT2D eigenvalue weighted by Gasteiger charge is 2.45. The van der Waals surface area contributed by atoms with Crippen molar-refractivity contribution in [3.05, 3.63) is 23.1 Å². The summed E-state index contributed by atoms with van der Waals surface area (Å²) in [5, 5.41) is 0. The van der Waals surface area contributed by atoms with Crippen LogP contribution in [-0.2, 0) is 19.6 Å². The van der Waals surface area contributed by atoms with E-state index in [2.05, 4.69) is 0 Å². The van der Waals surface area contributed by atoms with E-state index < -0.39 is 33.7 Å². The SMILES string of the molecule is NC(=O)C1C(=O)NS(=O)(=O)C2=CC=CCC21. The fraction of sp³-hybridized carbons (Fsp3) is 0.333. The van der Waals surface area contributed by atoms with Crippen LogP contribution in [0.5, 0.6) is 0 Å². The molecule has 6 nitrogen and oxygen atoms in total. The van der Waals surface area contributed by atoms with Crippen molar-refractivity contribution in [1.82, 2.24) is 4.72 Å². The van der Waals surface area contributed by atoms with Crippen LogP contribution in [0.25, 0.3) is 0 Å². The summed E-state index contributed by atoms with van der Waals surface area (Å²) in [6, 6.07) is 0. The summed E-state index contributed by atoms with van der Waals surface area (Å²) in [4.78, 5) is 22.7. The van der Waals surface area contributed by atoms with E-state index in [1.807, 2.05) is 4.72 Å². The minimum absolute atomic E-state index is 0.0541. The molecule has 2 atom stereocenters. The Morgan fingerprint density at radius 3 is 2.81 bits per heavy atom. The zero-order chi connectivity index (χ0) is 11.9. The first-order valence-electron chi connectivity index (χ1n) is 4.66. The van der Waals surface area contributed by atoms with Crippen LogP contribution in [0.1, 0.15) is 6.42 Å². The van der Waals surface area contributed by atoms with E-state index in [1.54, 1.807) is 12.2 Å². The summed E-state index contributed by atoms with van der Waals surface area (Å²) in [6.45, 7) is 0. The molecule has 0 aromatic heterocycles. The minimum Gasteiger partial charge on any atom is -0.369 e. The Kier molecular flexibility index (Phi) is 2.34. The van der Waals surface area contributed by atoms with Gasteiger partial charge in [-0.3, -0.25) is 9.59 Å². The van der Waals surface area contributed by atoms with Gasteiger partial charge < -0.3 is 5.73 Å².